The highest BCUT2D eigenvalue weighted by Gasteiger charge is 2.18. The second-order valence-electron chi connectivity index (χ2n) is 6.32. The predicted molar refractivity (Wildman–Crippen MR) is 99.2 cm³/mol. The zero-order valence-electron chi connectivity index (χ0n) is 15.1. The quantitative estimate of drug-likeness (QED) is 0.717. The monoisotopic (exact) mass is 337 g/mol. The lowest BCUT2D eigenvalue weighted by Crippen LogP contribution is -2.26. The van der Waals surface area contributed by atoms with E-state index in [1.54, 1.807) is 6.07 Å². The van der Waals surface area contributed by atoms with E-state index in [0.29, 0.717) is 12.4 Å². The molecule has 25 heavy (non-hydrogen) atoms. The number of amides is 1. The van der Waals surface area contributed by atoms with E-state index < -0.39 is 0 Å². The maximum Gasteiger partial charge on any atom is 0.287 e. The van der Waals surface area contributed by atoms with Crippen molar-refractivity contribution in [3.05, 3.63) is 64.9 Å². The van der Waals surface area contributed by atoms with Crippen molar-refractivity contribution in [2.45, 2.75) is 33.7 Å². The molecule has 0 aliphatic rings. The Bertz CT molecular complexity index is 911. The minimum atomic E-state index is -0.231. The van der Waals surface area contributed by atoms with Gasteiger partial charge in [0, 0.05) is 10.9 Å². The Hall–Kier alpha value is -2.75. The van der Waals surface area contributed by atoms with Crippen molar-refractivity contribution in [3.8, 4) is 5.75 Å². The summed E-state index contributed by atoms with van der Waals surface area (Å²) < 4.78 is 11.4. The third kappa shape index (κ3) is 3.68. The van der Waals surface area contributed by atoms with E-state index >= 15 is 0 Å². The number of benzene rings is 2. The molecule has 1 heterocycles. The van der Waals surface area contributed by atoms with Crippen molar-refractivity contribution >= 4 is 16.9 Å². The summed E-state index contributed by atoms with van der Waals surface area (Å²) in [7, 11) is 0. The van der Waals surface area contributed by atoms with Gasteiger partial charge in [-0.15, -0.1) is 0 Å². The molecule has 0 fully saturated rings. The average molecular weight is 337 g/mol. The van der Waals surface area contributed by atoms with Gasteiger partial charge in [-0.05, 0) is 51.5 Å². The Morgan fingerprint density at radius 1 is 1.12 bits per heavy atom. The SMILES string of the molecule is CCOc1ccc(C)cc1C(C)NC(=O)c1cc2ccc(C)cc2o1. The van der Waals surface area contributed by atoms with Crippen molar-refractivity contribution in [1.29, 1.82) is 0 Å². The molecular weight excluding hydrogens is 314 g/mol. The van der Waals surface area contributed by atoms with E-state index in [9.17, 15) is 4.79 Å². The summed E-state index contributed by atoms with van der Waals surface area (Å²) in [5.41, 5.74) is 3.91. The van der Waals surface area contributed by atoms with Crippen LogP contribution >= 0.6 is 0 Å². The molecule has 3 rings (SSSR count). The molecule has 1 N–H and O–H groups in total. The van der Waals surface area contributed by atoms with Gasteiger partial charge < -0.3 is 14.5 Å². The number of carbonyl (C=O) groups excluding carboxylic acids is 1. The Morgan fingerprint density at radius 3 is 2.60 bits per heavy atom. The van der Waals surface area contributed by atoms with Gasteiger partial charge in [-0.1, -0.05) is 29.8 Å². The fraction of sp³-hybridized carbons (Fsp3) is 0.286. The maximum atomic E-state index is 12.6. The fourth-order valence-electron chi connectivity index (χ4n) is 2.89. The van der Waals surface area contributed by atoms with Crippen LogP contribution in [0.25, 0.3) is 11.0 Å². The second-order valence-corrected chi connectivity index (χ2v) is 6.32. The van der Waals surface area contributed by atoms with Crippen molar-refractivity contribution < 1.29 is 13.9 Å². The van der Waals surface area contributed by atoms with Gasteiger partial charge in [0.1, 0.15) is 11.3 Å². The van der Waals surface area contributed by atoms with Crippen molar-refractivity contribution in [1.82, 2.24) is 5.32 Å². The first-order chi connectivity index (χ1) is 12.0. The van der Waals surface area contributed by atoms with Crippen LogP contribution in [0.2, 0.25) is 0 Å². The molecule has 0 radical (unpaired) electrons. The summed E-state index contributed by atoms with van der Waals surface area (Å²) in [4.78, 5) is 12.6. The highest BCUT2D eigenvalue weighted by Crippen LogP contribution is 2.27. The average Bonchev–Trinajstić information content (AvgIpc) is 2.99. The Labute approximate surface area is 147 Å². The fourth-order valence-corrected chi connectivity index (χ4v) is 2.89. The normalized spacial score (nSPS) is 12.2. The predicted octanol–water partition coefficient (Wildman–Crippen LogP) is 4.94. The highest BCUT2D eigenvalue weighted by atomic mass is 16.5. The summed E-state index contributed by atoms with van der Waals surface area (Å²) in [6.07, 6.45) is 0. The van der Waals surface area contributed by atoms with E-state index in [2.05, 4.69) is 5.32 Å². The molecule has 3 aromatic rings. The van der Waals surface area contributed by atoms with E-state index in [1.165, 1.54) is 0 Å². The zero-order valence-corrected chi connectivity index (χ0v) is 15.1. The summed E-state index contributed by atoms with van der Waals surface area (Å²) in [6, 6.07) is 13.5. The Balaban J connectivity index is 1.83. The van der Waals surface area contributed by atoms with Crippen molar-refractivity contribution in [2.75, 3.05) is 6.61 Å². The Kier molecular flexibility index (Phi) is 4.79. The summed E-state index contributed by atoms with van der Waals surface area (Å²) in [5, 5.41) is 3.93. The molecule has 1 atom stereocenters. The smallest absolute Gasteiger partial charge is 0.287 e. The maximum absolute atomic E-state index is 12.6. The summed E-state index contributed by atoms with van der Waals surface area (Å²) >= 11 is 0. The van der Waals surface area contributed by atoms with Crippen LogP contribution in [0.4, 0.5) is 0 Å². The summed E-state index contributed by atoms with van der Waals surface area (Å²) in [6.45, 7) is 8.50. The number of aryl methyl sites for hydroxylation is 2. The molecule has 130 valence electrons. The topological polar surface area (TPSA) is 51.5 Å². The molecule has 4 heteroatoms. The van der Waals surface area contributed by atoms with E-state index in [4.69, 9.17) is 9.15 Å². The van der Waals surface area contributed by atoms with Crippen LogP contribution < -0.4 is 10.1 Å². The molecule has 0 spiro atoms. The summed E-state index contributed by atoms with van der Waals surface area (Å²) in [5.74, 6) is 0.879. The number of carbonyl (C=O) groups is 1. The number of nitrogens with one attached hydrogen (secondary N) is 1. The number of hydrogen-bond donors (Lipinski definition) is 1. The van der Waals surface area contributed by atoms with Crippen LogP contribution in [0.1, 0.15) is 47.1 Å². The molecule has 2 aromatic carbocycles. The molecule has 0 saturated heterocycles. The molecule has 1 amide bonds. The molecule has 1 unspecified atom stereocenters. The molecule has 0 aliphatic carbocycles. The Morgan fingerprint density at radius 2 is 1.84 bits per heavy atom. The molecule has 4 nitrogen and oxygen atoms in total. The van der Waals surface area contributed by atoms with Crippen LogP contribution in [-0.2, 0) is 0 Å². The standard InChI is InChI=1S/C21H23NO3/c1-5-24-18-9-7-13(2)10-17(18)15(4)22-21(23)20-12-16-8-6-14(3)11-19(16)25-20/h6-12,15H,5H2,1-4H3,(H,22,23). The van der Waals surface area contributed by atoms with Gasteiger partial charge in [0.2, 0.25) is 0 Å². The van der Waals surface area contributed by atoms with Crippen LogP contribution in [0.3, 0.4) is 0 Å². The first kappa shape index (κ1) is 17.1. The lowest BCUT2D eigenvalue weighted by molar-refractivity contribution is 0.0913. The molecule has 0 bridgehead atoms. The van der Waals surface area contributed by atoms with Crippen LogP contribution in [-0.4, -0.2) is 12.5 Å². The molecule has 0 aliphatic heterocycles. The number of hydrogen-bond acceptors (Lipinski definition) is 3. The number of fused-ring (bicyclic) bond motifs is 1. The van der Waals surface area contributed by atoms with Gasteiger partial charge in [0.15, 0.2) is 5.76 Å². The molecule has 1 aromatic heterocycles. The lowest BCUT2D eigenvalue weighted by Gasteiger charge is -2.18. The van der Waals surface area contributed by atoms with Gasteiger partial charge in [0.05, 0.1) is 12.6 Å². The third-order valence-electron chi connectivity index (χ3n) is 4.18. The van der Waals surface area contributed by atoms with Gasteiger partial charge in [-0.3, -0.25) is 4.79 Å². The number of furan rings is 1. The van der Waals surface area contributed by atoms with Crippen LogP contribution in [0, 0.1) is 13.8 Å². The lowest BCUT2D eigenvalue weighted by atomic mass is 10.0. The van der Waals surface area contributed by atoms with Crippen molar-refractivity contribution in [3.63, 3.8) is 0 Å². The van der Waals surface area contributed by atoms with Gasteiger partial charge in [-0.25, -0.2) is 0 Å². The van der Waals surface area contributed by atoms with Gasteiger partial charge in [0.25, 0.3) is 5.91 Å². The minimum Gasteiger partial charge on any atom is -0.494 e. The molecular formula is C21H23NO3. The zero-order chi connectivity index (χ0) is 18.0. The first-order valence-electron chi connectivity index (χ1n) is 8.52. The highest BCUT2D eigenvalue weighted by molar-refractivity contribution is 5.96. The number of ether oxygens (including phenoxy) is 1. The second kappa shape index (κ2) is 7.01. The van der Waals surface area contributed by atoms with Crippen LogP contribution in [0.5, 0.6) is 5.75 Å². The minimum absolute atomic E-state index is 0.191. The van der Waals surface area contributed by atoms with Crippen LogP contribution in [0.15, 0.2) is 46.9 Å². The number of rotatable bonds is 5. The van der Waals surface area contributed by atoms with Gasteiger partial charge >= 0.3 is 0 Å². The van der Waals surface area contributed by atoms with Crippen molar-refractivity contribution in [2.24, 2.45) is 0 Å². The first-order valence-corrected chi connectivity index (χ1v) is 8.52. The molecule has 0 saturated carbocycles. The van der Waals surface area contributed by atoms with E-state index in [1.807, 2.05) is 64.1 Å². The van der Waals surface area contributed by atoms with E-state index in [0.717, 1.165) is 33.4 Å². The third-order valence-corrected chi connectivity index (χ3v) is 4.18. The largest absolute Gasteiger partial charge is 0.494 e. The van der Waals surface area contributed by atoms with Gasteiger partial charge in [-0.2, -0.15) is 0 Å². The van der Waals surface area contributed by atoms with E-state index in [-0.39, 0.29) is 11.9 Å².